The van der Waals surface area contributed by atoms with Crippen LogP contribution in [0.15, 0.2) is 24.3 Å². The summed E-state index contributed by atoms with van der Waals surface area (Å²) in [5.41, 5.74) is 3.42. The van der Waals surface area contributed by atoms with Gasteiger partial charge in [-0.2, -0.15) is 0 Å². The first-order valence-corrected chi connectivity index (χ1v) is 7.38. The van der Waals surface area contributed by atoms with Crippen molar-refractivity contribution < 1.29 is 4.79 Å². The Morgan fingerprint density at radius 3 is 3.21 bits per heavy atom. The molecule has 2 aromatic rings. The van der Waals surface area contributed by atoms with Crippen LogP contribution in [0.25, 0.3) is 10.9 Å². The fourth-order valence-electron chi connectivity index (χ4n) is 2.48. The van der Waals surface area contributed by atoms with E-state index in [0.717, 1.165) is 24.0 Å². The second-order valence-electron chi connectivity index (χ2n) is 4.69. The fourth-order valence-corrected chi connectivity index (χ4v) is 3.72. The van der Waals surface area contributed by atoms with E-state index < -0.39 is 0 Å². The molecule has 0 bridgehead atoms. The Hall–Kier alpha value is -1.46. The summed E-state index contributed by atoms with van der Waals surface area (Å²) in [6, 6.07) is 8.41. The van der Waals surface area contributed by atoms with E-state index in [2.05, 4.69) is 39.9 Å². The number of H-pyrrole nitrogens is 1. The molecule has 1 saturated heterocycles. The first-order valence-electron chi connectivity index (χ1n) is 6.43. The van der Waals surface area contributed by atoms with Crippen LogP contribution in [-0.2, 0) is 4.79 Å². The van der Waals surface area contributed by atoms with E-state index >= 15 is 0 Å². The van der Waals surface area contributed by atoms with Crippen LogP contribution < -0.4 is 10.6 Å². The van der Waals surface area contributed by atoms with Gasteiger partial charge in [0.15, 0.2) is 0 Å². The zero-order valence-corrected chi connectivity index (χ0v) is 11.6. The zero-order chi connectivity index (χ0) is 13.2. The molecule has 0 saturated carbocycles. The maximum Gasteiger partial charge on any atom is 0.121 e. The number of aromatic amines is 1. The van der Waals surface area contributed by atoms with Crippen LogP contribution in [0.1, 0.15) is 17.5 Å². The number of aromatic nitrogens is 1. The van der Waals surface area contributed by atoms with Gasteiger partial charge in [-0.05, 0) is 12.1 Å². The van der Waals surface area contributed by atoms with E-state index in [9.17, 15) is 4.79 Å². The van der Waals surface area contributed by atoms with Crippen molar-refractivity contribution in [2.45, 2.75) is 17.0 Å². The SMILES string of the molecule is CNc1cccc2cc(C3NCC(CC=O)S3)[nH]c12. The highest BCUT2D eigenvalue weighted by Crippen LogP contribution is 2.37. The third kappa shape index (κ3) is 2.35. The quantitative estimate of drug-likeness (QED) is 0.750. The Morgan fingerprint density at radius 1 is 1.53 bits per heavy atom. The number of fused-ring (bicyclic) bond motifs is 1. The Bertz CT molecular complexity index is 595. The molecular formula is C14H17N3OS. The first kappa shape index (κ1) is 12.6. The Morgan fingerprint density at radius 2 is 2.42 bits per heavy atom. The third-order valence-corrected chi connectivity index (χ3v) is 4.88. The maximum absolute atomic E-state index is 10.6. The minimum atomic E-state index is 0.252. The number of thioether (sulfide) groups is 1. The molecule has 0 aliphatic carbocycles. The molecule has 1 aromatic carbocycles. The Labute approximate surface area is 116 Å². The second kappa shape index (κ2) is 5.27. The number of hydrogen-bond donors (Lipinski definition) is 3. The van der Waals surface area contributed by atoms with Gasteiger partial charge in [-0.25, -0.2) is 0 Å². The smallest absolute Gasteiger partial charge is 0.121 e. The van der Waals surface area contributed by atoms with E-state index in [1.165, 1.54) is 11.1 Å². The predicted octanol–water partition coefficient (Wildman–Crippen LogP) is 2.50. The van der Waals surface area contributed by atoms with Crippen LogP contribution >= 0.6 is 11.8 Å². The highest BCUT2D eigenvalue weighted by Gasteiger charge is 2.26. The molecular weight excluding hydrogens is 258 g/mol. The number of anilines is 1. The van der Waals surface area contributed by atoms with Crippen LogP contribution in [0, 0.1) is 0 Å². The number of benzene rings is 1. The monoisotopic (exact) mass is 275 g/mol. The topological polar surface area (TPSA) is 56.9 Å². The molecule has 3 N–H and O–H groups in total. The minimum absolute atomic E-state index is 0.252. The van der Waals surface area contributed by atoms with Gasteiger partial charge < -0.3 is 15.1 Å². The number of hydrogen-bond acceptors (Lipinski definition) is 4. The molecule has 0 amide bonds. The molecule has 1 aliphatic heterocycles. The van der Waals surface area contributed by atoms with Crippen molar-refractivity contribution in [1.82, 2.24) is 10.3 Å². The Balaban J connectivity index is 1.88. The van der Waals surface area contributed by atoms with Crippen molar-refractivity contribution in [2.24, 2.45) is 0 Å². The number of rotatable bonds is 4. The lowest BCUT2D eigenvalue weighted by Gasteiger charge is -2.07. The standard InChI is InChI=1S/C14H17N3OS/c1-15-11-4-2-3-9-7-12(17-13(9)11)14-16-8-10(19-14)5-6-18/h2-4,6-7,10,14-17H,5,8H2,1H3. The van der Waals surface area contributed by atoms with Crippen LogP contribution in [0.2, 0.25) is 0 Å². The largest absolute Gasteiger partial charge is 0.386 e. The average molecular weight is 275 g/mol. The molecule has 19 heavy (non-hydrogen) atoms. The molecule has 5 heteroatoms. The zero-order valence-electron chi connectivity index (χ0n) is 10.8. The summed E-state index contributed by atoms with van der Waals surface area (Å²) in [5.74, 6) is 0. The van der Waals surface area contributed by atoms with E-state index in [-0.39, 0.29) is 5.37 Å². The summed E-state index contributed by atoms with van der Waals surface area (Å²) < 4.78 is 0. The van der Waals surface area contributed by atoms with Crippen LogP contribution in [0.4, 0.5) is 5.69 Å². The van der Waals surface area contributed by atoms with Gasteiger partial charge in [0.05, 0.1) is 16.6 Å². The average Bonchev–Trinajstić information content (AvgIpc) is 3.04. The number of carbonyl (C=O) groups excluding carboxylic acids is 1. The molecule has 1 fully saturated rings. The van der Waals surface area contributed by atoms with Crippen LogP contribution in [0.3, 0.4) is 0 Å². The molecule has 1 aromatic heterocycles. The van der Waals surface area contributed by atoms with Gasteiger partial charge in [0.2, 0.25) is 0 Å². The van der Waals surface area contributed by atoms with Crippen molar-refractivity contribution in [3.05, 3.63) is 30.0 Å². The Kier molecular flexibility index (Phi) is 3.48. The summed E-state index contributed by atoms with van der Waals surface area (Å²) in [6.45, 7) is 0.891. The lowest BCUT2D eigenvalue weighted by Crippen LogP contribution is -2.15. The molecule has 0 radical (unpaired) electrons. The lowest BCUT2D eigenvalue weighted by atomic mass is 10.2. The summed E-state index contributed by atoms with van der Waals surface area (Å²) >= 11 is 1.82. The van der Waals surface area contributed by atoms with Gasteiger partial charge >= 0.3 is 0 Å². The number of nitrogens with one attached hydrogen (secondary N) is 3. The lowest BCUT2D eigenvalue weighted by molar-refractivity contribution is -0.107. The molecule has 2 atom stereocenters. The predicted molar refractivity (Wildman–Crippen MR) is 80.6 cm³/mol. The summed E-state index contributed by atoms with van der Waals surface area (Å²) in [5, 5.41) is 8.51. The van der Waals surface area contributed by atoms with Gasteiger partial charge in [-0.3, -0.25) is 5.32 Å². The summed E-state index contributed by atoms with van der Waals surface area (Å²) in [7, 11) is 1.93. The summed E-state index contributed by atoms with van der Waals surface area (Å²) in [6.07, 6.45) is 1.63. The highest BCUT2D eigenvalue weighted by atomic mass is 32.2. The number of carbonyl (C=O) groups is 1. The number of aldehydes is 1. The molecule has 2 heterocycles. The summed E-state index contributed by atoms with van der Waals surface area (Å²) in [4.78, 5) is 14.1. The molecule has 3 rings (SSSR count). The normalized spacial score (nSPS) is 22.8. The van der Waals surface area contributed by atoms with Gasteiger partial charge in [0.25, 0.3) is 0 Å². The van der Waals surface area contributed by atoms with Crippen molar-refractivity contribution in [2.75, 3.05) is 18.9 Å². The molecule has 4 nitrogen and oxygen atoms in total. The molecule has 0 spiro atoms. The van der Waals surface area contributed by atoms with Crippen molar-refractivity contribution in [3.63, 3.8) is 0 Å². The van der Waals surface area contributed by atoms with Crippen LogP contribution in [-0.4, -0.2) is 30.1 Å². The molecule has 2 unspecified atom stereocenters. The van der Waals surface area contributed by atoms with E-state index in [4.69, 9.17) is 0 Å². The third-order valence-electron chi connectivity index (χ3n) is 3.45. The van der Waals surface area contributed by atoms with E-state index in [0.29, 0.717) is 11.7 Å². The van der Waals surface area contributed by atoms with Gasteiger partial charge in [-0.15, -0.1) is 11.8 Å². The number of para-hydroxylation sites is 1. The fraction of sp³-hybridized carbons (Fsp3) is 0.357. The minimum Gasteiger partial charge on any atom is -0.386 e. The maximum atomic E-state index is 10.6. The highest BCUT2D eigenvalue weighted by molar-refractivity contribution is 8.00. The first-order chi connectivity index (χ1) is 9.31. The van der Waals surface area contributed by atoms with Crippen molar-refractivity contribution >= 4 is 34.6 Å². The van der Waals surface area contributed by atoms with Crippen molar-refractivity contribution in [3.8, 4) is 0 Å². The molecule has 1 aliphatic rings. The van der Waals surface area contributed by atoms with Gasteiger partial charge in [0.1, 0.15) is 6.29 Å². The van der Waals surface area contributed by atoms with Gasteiger partial charge in [-0.1, -0.05) is 12.1 Å². The molecule has 100 valence electrons. The second-order valence-corrected chi connectivity index (χ2v) is 6.10. The van der Waals surface area contributed by atoms with E-state index in [1.807, 2.05) is 18.8 Å². The van der Waals surface area contributed by atoms with Crippen molar-refractivity contribution in [1.29, 1.82) is 0 Å². The van der Waals surface area contributed by atoms with E-state index in [1.54, 1.807) is 0 Å². The van der Waals surface area contributed by atoms with Gasteiger partial charge in [0, 0.05) is 36.3 Å². The van der Waals surface area contributed by atoms with Crippen LogP contribution in [0.5, 0.6) is 0 Å².